The van der Waals surface area contributed by atoms with Gasteiger partial charge in [-0.25, -0.2) is 0 Å². The van der Waals surface area contributed by atoms with E-state index in [1.165, 1.54) is 0 Å². The van der Waals surface area contributed by atoms with Gasteiger partial charge in [0.1, 0.15) is 5.92 Å². The maximum Gasteiger partial charge on any atom is 0.242 e. The molecule has 1 aliphatic rings. The zero-order valence-corrected chi connectivity index (χ0v) is 8.93. The molecule has 1 unspecified atom stereocenters. The van der Waals surface area contributed by atoms with Gasteiger partial charge in [0.2, 0.25) is 5.91 Å². The summed E-state index contributed by atoms with van der Waals surface area (Å²) in [4.78, 5) is 11.4. The molecule has 0 fully saturated rings. The van der Waals surface area contributed by atoms with Crippen molar-refractivity contribution in [3.8, 4) is 6.07 Å². The average Bonchev–Trinajstić information content (AvgIpc) is 2.20. The Morgan fingerprint density at radius 1 is 1.60 bits per heavy atom. The largest absolute Gasteiger partial charge is 0.325 e. The van der Waals surface area contributed by atoms with Crippen LogP contribution in [0, 0.1) is 24.2 Å². The highest BCUT2D eigenvalue weighted by Crippen LogP contribution is 2.30. The fourth-order valence-electron chi connectivity index (χ4n) is 1.66. The van der Waals surface area contributed by atoms with Crippen LogP contribution in [0.4, 0.5) is 5.69 Å². The first-order valence-electron chi connectivity index (χ1n) is 4.61. The zero-order chi connectivity index (χ0) is 11.0. The van der Waals surface area contributed by atoms with Crippen LogP contribution in [0.1, 0.15) is 11.1 Å². The smallest absolute Gasteiger partial charge is 0.242 e. The first-order valence-corrected chi connectivity index (χ1v) is 4.99. The molecule has 1 aliphatic heterocycles. The molecular formula is C11H9ClN2O. The Balaban J connectivity index is 2.46. The van der Waals surface area contributed by atoms with Gasteiger partial charge in [0.25, 0.3) is 0 Å². The van der Waals surface area contributed by atoms with E-state index in [1.54, 1.807) is 6.07 Å². The number of halogens is 1. The summed E-state index contributed by atoms with van der Waals surface area (Å²) in [5.41, 5.74) is 2.66. The van der Waals surface area contributed by atoms with E-state index in [2.05, 4.69) is 5.32 Å². The molecule has 0 spiro atoms. The van der Waals surface area contributed by atoms with E-state index < -0.39 is 5.92 Å². The second kappa shape index (κ2) is 3.56. The quantitative estimate of drug-likeness (QED) is 0.729. The number of carbonyl (C=O) groups excluding carboxylic acids is 1. The Labute approximate surface area is 92.7 Å². The third kappa shape index (κ3) is 1.69. The van der Waals surface area contributed by atoms with Crippen molar-refractivity contribution in [2.45, 2.75) is 13.3 Å². The second-order valence-corrected chi connectivity index (χ2v) is 4.04. The number of fused-ring (bicyclic) bond motifs is 1. The summed E-state index contributed by atoms with van der Waals surface area (Å²) in [7, 11) is 0. The summed E-state index contributed by atoms with van der Waals surface area (Å²) < 4.78 is 0. The maximum absolute atomic E-state index is 11.4. The van der Waals surface area contributed by atoms with Crippen molar-refractivity contribution in [1.29, 1.82) is 5.26 Å². The van der Waals surface area contributed by atoms with Crippen LogP contribution in [0.15, 0.2) is 12.1 Å². The molecular weight excluding hydrogens is 212 g/mol. The number of hydrogen-bond donors (Lipinski definition) is 1. The highest BCUT2D eigenvalue weighted by Gasteiger charge is 2.26. The van der Waals surface area contributed by atoms with E-state index >= 15 is 0 Å². The summed E-state index contributed by atoms with van der Waals surface area (Å²) in [5.74, 6) is -0.831. The van der Waals surface area contributed by atoms with Gasteiger partial charge in [0.05, 0.1) is 6.07 Å². The molecule has 0 radical (unpaired) electrons. The molecule has 1 heterocycles. The Kier molecular flexibility index (Phi) is 2.37. The minimum absolute atomic E-state index is 0.245. The van der Waals surface area contributed by atoms with Crippen molar-refractivity contribution in [2.75, 3.05) is 5.32 Å². The van der Waals surface area contributed by atoms with Crippen LogP contribution in [0.2, 0.25) is 5.02 Å². The predicted octanol–water partition coefficient (Wildman–Crippen LogP) is 2.28. The average molecular weight is 221 g/mol. The van der Waals surface area contributed by atoms with Crippen LogP contribution >= 0.6 is 11.6 Å². The molecule has 1 aromatic carbocycles. The fourth-order valence-corrected chi connectivity index (χ4v) is 1.83. The Hall–Kier alpha value is -1.53. The summed E-state index contributed by atoms with van der Waals surface area (Å²) in [6.45, 7) is 1.90. The third-order valence-corrected chi connectivity index (χ3v) is 2.95. The third-order valence-electron chi connectivity index (χ3n) is 2.54. The molecule has 0 saturated heterocycles. The minimum Gasteiger partial charge on any atom is -0.325 e. The molecule has 4 heteroatoms. The van der Waals surface area contributed by atoms with E-state index in [-0.39, 0.29) is 5.91 Å². The van der Waals surface area contributed by atoms with E-state index in [1.807, 2.05) is 19.1 Å². The van der Waals surface area contributed by atoms with Crippen molar-refractivity contribution < 1.29 is 4.79 Å². The molecule has 1 amide bonds. The molecule has 2 rings (SSSR count). The van der Waals surface area contributed by atoms with E-state index in [0.717, 1.165) is 16.8 Å². The van der Waals surface area contributed by atoms with Gasteiger partial charge >= 0.3 is 0 Å². The lowest BCUT2D eigenvalue weighted by molar-refractivity contribution is -0.118. The fraction of sp³-hybridized carbons (Fsp3) is 0.273. The molecule has 0 aliphatic carbocycles. The van der Waals surface area contributed by atoms with E-state index in [9.17, 15) is 4.79 Å². The van der Waals surface area contributed by atoms with Crippen LogP contribution in [-0.2, 0) is 11.2 Å². The Morgan fingerprint density at radius 3 is 3.00 bits per heavy atom. The van der Waals surface area contributed by atoms with Gasteiger partial charge < -0.3 is 5.32 Å². The SMILES string of the molecule is Cc1cc2c(cc1Cl)NC(=O)C(C#N)C2. The lowest BCUT2D eigenvalue weighted by Gasteiger charge is -2.21. The lowest BCUT2D eigenvalue weighted by atomic mass is 9.93. The summed E-state index contributed by atoms with van der Waals surface area (Å²) in [5, 5.41) is 12.1. The minimum atomic E-state index is -0.585. The highest BCUT2D eigenvalue weighted by molar-refractivity contribution is 6.31. The summed E-state index contributed by atoms with van der Waals surface area (Å²) in [6, 6.07) is 5.64. The molecule has 15 heavy (non-hydrogen) atoms. The van der Waals surface area contributed by atoms with Gasteiger partial charge in [-0.1, -0.05) is 17.7 Å². The number of nitriles is 1. The van der Waals surface area contributed by atoms with Gasteiger partial charge in [-0.3, -0.25) is 4.79 Å². The Bertz CT molecular complexity index is 476. The number of aryl methyl sites for hydroxylation is 1. The normalized spacial score (nSPS) is 19.0. The van der Waals surface area contributed by atoms with Crippen LogP contribution < -0.4 is 5.32 Å². The van der Waals surface area contributed by atoms with Crippen molar-refractivity contribution in [3.05, 3.63) is 28.3 Å². The number of benzene rings is 1. The van der Waals surface area contributed by atoms with E-state index in [4.69, 9.17) is 16.9 Å². The van der Waals surface area contributed by atoms with Gasteiger partial charge in [-0.05, 0) is 30.5 Å². The highest BCUT2D eigenvalue weighted by atomic mass is 35.5. The first kappa shape index (κ1) is 10.0. The number of anilines is 1. The predicted molar refractivity (Wildman–Crippen MR) is 57.6 cm³/mol. The molecule has 0 aromatic heterocycles. The first-order chi connectivity index (χ1) is 7.11. The monoisotopic (exact) mass is 220 g/mol. The van der Waals surface area contributed by atoms with Gasteiger partial charge in [0.15, 0.2) is 0 Å². The van der Waals surface area contributed by atoms with Crippen molar-refractivity contribution >= 4 is 23.2 Å². The van der Waals surface area contributed by atoms with Crippen LogP contribution in [0.25, 0.3) is 0 Å². The molecule has 3 nitrogen and oxygen atoms in total. The van der Waals surface area contributed by atoms with Crippen LogP contribution in [0.5, 0.6) is 0 Å². The molecule has 0 saturated carbocycles. The molecule has 1 N–H and O–H groups in total. The number of nitrogens with zero attached hydrogens (tertiary/aromatic N) is 1. The van der Waals surface area contributed by atoms with Crippen molar-refractivity contribution in [1.82, 2.24) is 0 Å². The van der Waals surface area contributed by atoms with Gasteiger partial charge in [0, 0.05) is 10.7 Å². The topological polar surface area (TPSA) is 52.9 Å². The standard InChI is InChI=1S/C11H9ClN2O/c1-6-2-7-3-8(5-13)11(15)14-10(7)4-9(6)12/h2,4,8H,3H2,1H3,(H,14,15). The number of rotatable bonds is 0. The van der Waals surface area contributed by atoms with Crippen LogP contribution in [-0.4, -0.2) is 5.91 Å². The Morgan fingerprint density at radius 2 is 2.33 bits per heavy atom. The second-order valence-electron chi connectivity index (χ2n) is 3.63. The van der Waals surface area contributed by atoms with E-state index in [0.29, 0.717) is 11.4 Å². The summed E-state index contributed by atoms with van der Waals surface area (Å²) >= 11 is 5.95. The van der Waals surface area contributed by atoms with Gasteiger partial charge in [-0.15, -0.1) is 0 Å². The zero-order valence-electron chi connectivity index (χ0n) is 8.17. The molecule has 1 aromatic rings. The number of hydrogen-bond acceptors (Lipinski definition) is 2. The van der Waals surface area contributed by atoms with Gasteiger partial charge in [-0.2, -0.15) is 5.26 Å². The van der Waals surface area contributed by atoms with Crippen LogP contribution in [0.3, 0.4) is 0 Å². The summed E-state index contributed by atoms with van der Waals surface area (Å²) in [6.07, 6.45) is 0.468. The number of nitrogens with one attached hydrogen (secondary N) is 1. The maximum atomic E-state index is 11.4. The van der Waals surface area contributed by atoms with Crippen molar-refractivity contribution in [2.24, 2.45) is 5.92 Å². The molecule has 0 bridgehead atoms. The molecule has 1 atom stereocenters. The lowest BCUT2D eigenvalue weighted by Crippen LogP contribution is -2.28. The number of amides is 1. The number of carbonyl (C=O) groups is 1. The van der Waals surface area contributed by atoms with Crippen molar-refractivity contribution in [3.63, 3.8) is 0 Å². The molecule has 76 valence electrons.